The lowest BCUT2D eigenvalue weighted by Gasteiger charge is -2.26. The van der Waals surface area contributed by atoms with Crippen LogP contribution in [0, 0.1) is 5.92 Å². The number of ether oxygens (including phenoxy) is 3. The van der Waals surface area contributed by atoms with Gasteiger partial charge in [0.2, 0.25) is 0 Å². The van der Waals surface area contributed by atoms with Gasteiger partial charge in [-0.15, -0.1) is 0 Å². The van der Waals surface area contributed by atoms with Gasteiger partial charge >= 0.3 is 12.1 Å². The van der Waals surface area contributed by atoms with Crippen LogP contribution >= 0.6 is 0 Å². The molecule has 0 radical (unpaired) electrons. The van der Waals surface area contributed by atoms with Crippen molar-refractivity contribution in [3.63, 3.8) is 0 Å². The summed E-state index contributed by atoms with van der Waals surface area (Å²) in [5, 5.41) is 0. The molecule has 1 aliphatic heterocycles. The van der Waals surface area contributed by atoms with Crippen LogP contribution in [-0.2, 0) is 19.0 Å². The zero-order valence-corrected chi connectivity index (χ0v) is 16.7. The van der Waals surface area contributed by atoms with Gasteiger partial charge in [-0.2, -0.15) is 0 Å². The van der Waals surface area contributed by atoms with Crippen LogP contribution in [0.15, 0.2) is 0 Å². The topological polar surface area (TPSA) is 68.3 Å². The maximum atomic E-state index is 12.2. The third-order valence-electron chi connectivity index (χ3n) is 4.50. The molecule has 0 spiro atoms. The first-order valence-corrected chi connectivity index (χ1v) is 9.73. The second-order valence-corrected chi connectivity index (χ2v) is 8.25. The molecule has 0 bridgehead atoms. The van der Waals surface area contributed by atoms with Gasteiger partial charge in [0.1, 0.15) is 12.2 Å². The fourth-order valence-electron chi connectivity index (χ4n) is 2.73. The third-order valence-corrected chi connectivity index (χ3v) is 4.50. The Kier molecular flexibility index (Phi) is 7.70. The lowest BCUT2D eigenvalue weighted by Crippen LogP contribution is -2.39. The van der Waals surface area contributed by atoms with Gasteiger partial charge in [-0.05, 0) is 52.9 Å². The van der Waals surface area contributed by atoms with Crippen LogP contribution < -0.4 is 0 Å². The average molecular weight is 370 g/mol. The highest BCUT2D eigenvalue weighted by Gasteiger charge is 2.26. The second kappa shape index (κ2) is 9.55. The van der Waals surface area contributed by atoms with Gasteiger partial charge < -0.3 is 19.1 Å². The summed E-state index contributed by atoms with van der Waals surface area (Å²) < 4.78 is 16.3. The van der Waals surface area contributed by atoms with Crippen LogP contribution in [0.3, 0.4) is 0 Å². The first kappa shape index (κ1) is 21.0. The highest BCUT2D eigenvalue weighted by Crippen LogP contribution is 2.29. The second-order valence-electron chi connectivity index (χ2n) is 8.25. The highest BCUT2D eigenvalue weighted by molar-refractivity contribution is 5.74. The summed E-state index contributed by atoms with van der Waals surface area (Å²) in [7, 11) is 0. The molecule has 0 aromatic rings. The predicted molar refractivity (Wildman–Crippen MR) is 98.0 cm³/mol. The molecular formula is C19H34N2O5. The number of carbonyl (C=O) groups excluding carboxylic acids is 2. The molecule has 1 aliphatic carbocycles. The molecule has 1 saturated carbocycles. The zero-order valence-electron chi connectivity index (χ0n) is 16.7. The van der Waals surface area contributed by atoms with E-state index in [9.17, 15) is 9.59 Å². The molecule has 2 fully saturated rings. The number of hydrogen-bond acceptors (Lipinski definition) is 6. The van der Waals surface area contributed by atoms with Gasteiger partial charge in [-0.3, -0.25) is 4.90 Å². The van der Waals surface area contributed by atoms with Gasteiger partial charge in [0.25, 0.3) is 0 Å². The Morgan fingerprint density at radius 2 is 1.85 bits per heavy atom. The smallest absolute Gasteiger partial charge is 0.410 e. The van der Waals surface area contributed by atoms with E-state index in [1.165, 1.54) is 12.8 Å². The first-order valence-electron chi connectivity index (χ1n) is 9.73. The minimum Gasteiger partial charge on any atom is -0.462 e. The van der Waals surface area contributed by atoms with Crippen molar-refractivity contribution in [2.75, 3.05) is 45.9 Å². The SMILES string of the molecule is CC(OCC1CC1)C(=O)OCCN1CCCN(C(=O)OC(C)(C)C)CC1. The molecule has 1 amide bonds. The molecule has 150 valence electrons. The van der Waals surface area contributed by atoms with Crippen molar-refractivity contribution in [2.24, 2.45) is 5.92 Å². The van der Waals surface area contributed by atoms with Gasteiger partial charge in [0, 0.05) is 32.7 Å². The van der Waals surface area contributed by atoms with Crippen molar-refractivity contribution in [3.8, 4) is 0 Å². The summed E-state index contributed by atoms with van der Waals surface area (Å²) in [6.07, 6.45) is 2.54. The average Bonchev–Trinajstić information content (AvgIpc) is 3.38. The van der Waals surface area contributed by atoms with Gasteiger partial charge in [0.15, 0.2) is 6.10 Å². The fourth-order valence-corrected chi connectivity index (χ4v) is 2.73. The van der Waals surface area contributed by atoms with Crippen molar-refractivity contribution in [1.29, 1.82) is 0 Å². The van der Waals surface area contributed by atoms with E-state index in [2.05, 4.69) is 4.90 Å². The lowest BCUT2D eigenvalue weighted by atomic mass is 10.2. The van der Waals surface area contributed by atoms with Crippen LogP contribution in [0.4, 0.5) is 4.79 Å². The Labute approximate surface area is 156 Å². The normalized spacial score (nSPS) is 20.4. The maximum Gasteiger partial charge on any atom is 0.410 e. The summed E-state index contributed by atoms with van der Waals surface area (Å²) in [6, 6.07) is 0. The first-order chi connectivity index (χ1) is 12.2. The molecule has 1 unspecified atom stereocenters. The molecule has 2 rings (SSSR count). The minimum absolute atomic E-state index is 0.257. The Morgan fingerprint density at radius 1 is 1.12 bits per heavy atom. The number of hydrogen-bond donors (Lipinski definition) is 0. The molecular weight excluding hydrogens is 336 g/mol. The van der Waals surface area contributed by atoms with Crippen LogP contribution in [0.1, 0.15) is 47.0 Å². The van der Waals surface area contributed by atoms with Crippen LogP contribution in [-0.4, -0.2) is 79.5 Å². The Balaban J connectivity index is 1.62. The van der Waals surface area contributed by atoms with E-state index >= 15 is 0 Å². The molecule has 2 aliphatic rings. The fraction of sp³-hybridized carbons (Fsp3) is 0.895. The number of rotatable bonds is 7. The third kappa shape index (κ3) is 7.91. The maximum absolute atomic E-state index is 12.2. The summed E-state index contributed by atoms with van der Waals surface area (Å²) >= 11 is 0. The Hall–Kier alpha value is -1.34. The number of esters is 1. The molecule has 0 aromatic carbocycles. The van der Waals surface area contributed by atoms with Crippen molar-refractivity contribution < 1.29 is 23.8 Å². The monoisotopic (exact) mass is 370 g/mol. The molecule has 0 aromatic heterocycles. The summed E-state index contributed by atoms with van der Waals surface area (Å²) in [5.74, 6) is 0.339. The minimum atomic E-state index is -0.498. The summed E-state index contributed by atoms with van der Waals surface area (Å²) in [4.78, 5) is 28.1. The quantitative estimate of drug-likeness (QED) is 0.641. The van der Waals surface area contributed by atoms with Crippen molar-refractivity contribution in [2.45, 2.75) is 58.7 Å². The van der Waals surface area contributed by atoms with Crippen molar-refractivity contribution in [1.82, 2.24) is 9.80 Å². The van der Waals surface area contributed by atoms with E-state index in [0.29, 0.717) is 38.8 Å². The Morgan fingerprint density at radius 3 is 2.50 bits per heavy atom. The van der Waals surface area contributed by atoms with Crippen LogP contribution in [0.5, 0.6) is 0 Å². The molecule has 1 atom stereocenters. The summed E-state index contributed by atoms with van der Waals surface area (Å²) in [5.41, 5.74) is -0.477. The molecule has 1 saturated heterocycles. The van der Waals surface area contributed by atoms with E-state index in [-0.39, 0.29) is 12.1 Å². The molecule has 0 N–H and O–H groups in total. The van der Waals surface area contributed by atoms with Gasteiger partial charge in [-0.1, -0.05) is 0 Å². The van der Waals surface area contributed by atoms with Crippen molar-refractivity contribution in [3.05, 3.63) is 0 Å². The van der Waals surface area contributed by atoms with E-state index in [1.807, 2.05) is 20.8 Å². The van der Waals surface area contributed by atoms with Gasteiger partial charge in [0.05, 0.1) is 6.61 Å². The van der Waals surface area contributed by atoms with Crippen LogP contribution in [0.25, 0.3) is 0 Å². The predicted octanol–water partition coefficient (Wildman–Crippen LogP) is 2.29. The Bertz CT molecular complexity index is 473. The van der Waals surface area contributed by atoms with E-state index in [0.717, 1.165) is 19.5 Å². The standard InChI is InChI=1S/C19H34N2O5/c1-15(25-14-16-6-7-16)17(22)24-13-12-20-8-5-9-21(11-10-20)18(23)26-19(2,3)4/h15-16H,5-14H2,1-4H3. The van der Waals surface area contributed by atoms with E-state index in [1.54, 1.807) is 11.8 Å². The number of amides is 1. The lowest BCUT2D eigenvalue weighted by molar-refractivity contribution is -0.156. The van der Waals surface area contributed by atoms with E-state index < -0.39 is 11.7 Å². The molecule has 26 heavy (non-hydrogen) atoms. The van der Waals surface area contributed by atoms with Crippen molar-refractivity contribution >= 4 is 12.1 Å². The van der Waals surface area contributed by atoms with E-state index in [4.69, 9.17) is 14.2 Å². The summed E-state index contributed by atoms with van der Waals surface area (Å²) in [6.45, 7) is 12.0. The van der Waals surface area contributed by atoms with Gasteiger partial charge in [-0.25, -0.2) is 9.59 Å². The molecule has 7 nitrogen and oxygen atoms in total. The van der Waals surface area contributed by atoms with Crippen LogP contribution in [0.2, 0.25) is 0 Å². The molecule has 7 heteroatoms. The molecule has 1 heterocycles. The highest BCUT2D eigenvalue weighted by atomic mass is 16.6. The zero-order chi connectivity index (χ0) is 19.2. The number of carbonyl (C=O) groups is 2. The number of nitrogens with zero attached hydrogens (tertiary/aromatic N) is 2. The largest absolute Gasteiger partial charge is 0.462 e.